The molecular formula is C24H33N5O2. The number of likely N-dealkylation sites (tertiary alicyclic amines) is 1. The van der Waals surface area contributed by atoms with Gasteiger partial charge in [0.25, 0.3) is 0 Å². The highest BCUT2D eigenvalue weighted by Gasteiger charge is 2.38. The lowest BCUT2D eigenvalue weighted by molar-refractivity contribution is -0.141. The SMILES string of the molecule is Cc1nn(-c2ccccc2)c(C)c1[C@@H]1C(=O)NCCN1CC(=O)N1[C@H](C)CCC[C@H]1C. The molecule has 0 unspecified atom stereocenters. The highest BCUT2D eigenvalue weighted by Crippen LogP contribution is 2.31. The summed E-state index contributed by atoms with van der Waals surface area (Å²) in [6.07, 6.45) is 3.25. The molecule has 0 aliphatic carbocycles. The van der Waals surface area contributed by atoms with Gasteiger partial charge in [-0.05, 0) is 59.1 Å². The molecule has 0 radical (unpaired) electrons. The minimum absolute atomic E-state index is 0.0578. The number of piperazine rings is 1. The third-order valence-electron chi connectivity index (χ3n) is 6.75. The van der Waals surface area contributed by atoms with Crippen LogP contribution in [0.2, 0.25) is 0 Å². The van der Waals surface area contributed by atoms with Crippen LogP contribution >= 0.6 is 0 Å². The maximum absolute atomic E-state index is 13.3. The number of aromatic nitrogens is 2. The van der Waals surface area contributed by atoms with Gasteiger partial charge in [-0.25, -0.2) is 4.68 Å². The smallest absolute Gasteiger partial charge is 0.242 e. The maximum Gasteiger partial charge on any atom is 0.242 e. The number of amides is 2. The molecule has 2 fully saturated rings. The zero-order chi connectivity index (χ0) is 22.1. The van der Waals surface area contributed by atoms with Crippen LogP contribution in [0.25, 0.3) is 5.69 Å². The lowest BCUT2D eigenvalue weighted by Crippen LogP contribution is -2.56. The van der Waals surface area contributed by atoms with Crippen molar-refractivity contribution in [1.29, 1.82) is 0 Å². The van der Waals surface area contributed by atoms with Gasteiger partial charge in [-0.3, -0.25) is 14.5 Å². The quantitative estimate of drug-likeness (QED) is 0.821. The number of carbonyl (C=O) groups excluding carboxylic acids is 2. The largest absolute Gasteiger partial charge is 0.353 e. The van der Waals surface area contributed by atoms with E-state index >= 15 is 0 Å². The minimum Gasteiger partial charge on any atom is -0.353 e. The van der Waals surface area contributed by atoms with Crippen molar-refractivity contribution in [3.63, 3.8) is 0 Å². The first kappa shape index (κ1) is 21.6. The zero-order valence-electron chi connectivity index (χ0n) is 19.0. The Bertz CT molecular complexity index is 944. The zero-order valence-corrected chi connectivity index (χ0v) is 19.0. The first-order valence-corrected chi connectivity index (χ1v) is 11.3. The maximum atomic E-state index is 13.3. The van der Waals surface area contributed by atoms with Gasteiger partial charge in [-0.1, -0.05) is 18.2 Å². The number of benzene rings is 1. The van der Waals surface area contributed by atoms with E-state index in [0.717, 1.165) is 41.9 Å². The van der Waals surface area contributed by atoms with Crippen molar-refractivity contribution in [2.24, 2.45) is 0 Å². The van der Waals surface area contributed by atoms with Gasteiger partial charge in [0, 0.05) is 36.4 Å². The second-order valence-corrected chi connectivity index (χ2v) is 8.93. The molecule has 0 saturated carbocycles. The molecule has 3 heterocycles. The van der Waals surface area contributed by atoms with E-state index < -0.39 is 6.04 Å². The van der Waals surface area contributed by atoms with E-state index in [2.05, 4.69) is 19.2 Å². The summed E-state index contributed by atoms with van der Waals surface area (Å²) in [6, 6.07) is 9.92. The summed E-state index contributed by atoms with van der Waals surface area (Å²) in [5.41, 5.74) is 3.61. The van der Waals surface area contributed by atoms with Gasteiger partial charge in [0.05, 0.1) is 17.9 Å². The monoisotopic (exact) mass is 423 g/mol. The number of hydrogen-bond acceptors (Lipinski definition) is 4. The second kappa shape index (κ2) is 8.83. The average molecular weight is 424 g/mol. The molecule has 0 bridgehead atoms. The van der Waals surface area contributed by atoms with Crippen LogP contribution in [0.4, 0.5) is 0 Å². The van der Waals surface area contributed by atoms with Crippen LogP contribution in [-0.4, -0.2) is 63.1 Å². The molecular weight excluding hydrogens is 390 g/mol. The van der Waals surface area contributed by atoms with Crippen molar-refractivity contribution in [2.45, 2.75) is 65.1 Å². The van der Waals surface area contributed by atoms with Crippen LogP contribution in [0, 0.1) is 13.8 Å². The summed E-state index contributed by atoms with van der Waals surface area (Å²) in [4.78, 5) is 30.4. The normalized spacial score (nSPS) is 24.8. The summed E-state index contributed by atoms with van der Waals surface area (Å²) in [5, 5.41) is 7.72. The highest BCUT2D eigenvalue weighted by molar-refractivity contribution is 5.86. The number of nitrogens with zero attached hydrogens (tertiary/aromatic N) is 4. The Balaban J connectivity index is 1.64. The van der Waals surface area contributed by atoms with Gasteiger partial charge in [0.1, 0.15) is 6.04 Å². The second-order valence-electron chi connectivity index (χ2n) is 8.93. The number of piperidine rings is 1. The lowest BCUT2D eigenvalue weighted by Gasteiger charge is -2.42. The van der Waals surface area contributed by atoms with Crippen LogP contribution in [0.3, 0.4) is 0 Å². The minimum atomic E-state index is -0.509. The molecule has 2 saturated heterocycles. The van der Waals surface area contributed by atoms with E-state index in [-0.39, 0.29) is 30.4 Å². The van der Waals surface area contributed by atoms with Crippen LogP contribution in [0.5, 0.6) is 0 Å². The molecule has 4 rings (SSSR count). The molecule has 31 heavy (non-hydrogen) atoms. The fourth-order valence-electron chi connectivity index (χ4n) is 5.24. The molecule has 7 nitrogen and oxygen atoms in total. The van der Waals surface area contributed by atoms with E-state index in [1.54, 1.807) is 0 Å². The number of rotatable bonds is 4. The Morgan fingerprint density at radius 3 is 2.48 bits per heavy atom. The summed E-state index contributed by atoms with van der Waals surface area (Å²) in [6.45, 7) is 9.66. The molecule has 3 atom stereocenters. The number of carbonyl (C=O) groups is 2. The first-order chi connectivity index (χ1) is 14.9. The van der Waals surface area contributed by atoms with Crippen molar-refractivity contribution in [3.8, 4) is 5.69 Å². The van der Waals surface area contributed by atoms with Crippen molar-refractivity contribution >= 4 is 11.8 Å². The molecule has 2 aromatic rings. The lowest BCUT2D eigenvalue weighted by atomic mass is 9.96. The predicted molar refractivity (Wildman–Crippen MR) is 120 cm³/mol. The van der Waals surface area contributed by atoms with Crippen molar-refractivity contribution in [1.82, 2.24) is 24.9 Å². The predicted octanol–water partition coefficient (Wildman–Crippen LogP) is 2.75. The summed E-state index contributed by atoms with van der Waals surface area (Å²) < 4.78 is 1.89. The Morgan fingerprint density at radius 2 is 1.81 bits per heavy atom. The van der Waals surface area contributed by atoms with Gasteiger partial charge in [0.2, 0.25) is 11.8 Å². The standard InChI is InChI=1S/C24H33N5O2/c1-16-9-8-10-17(2)28(16)21(30)15-27-14-13-25-24(31)23(27)22-18(3)26-29(19(22)4)20-11-6-5-7-12-20/h5-7,11-12,16-17,23H,8-10,13-15H2,1-4H3,(H,25,31)/t16-,17-,23-/m1/s1. The van der Waals surface area contributed by atoms with Gasteiger partial charge >= 0.3 is 0 Å². The molecule has 1 aromatic carbocycles. The summed E-state index contributed by atoms with van der Waals surface area (Å²) in [7, 11) is 0. The third kappa shape index (κ3) is 4.11. The van der Waals surface area contributed by atoms with Crippen LogP contribution < -0.4 is 5.32 Å². The molecule has 2 aliphatic heterocycles. The van der Waals surface area contributed by atoms with Gasteiger partial charge in [-0.15, -0.1) is 0 Å². The fourth-order valence-corrected chi connectivity index (χ4v) is 5.24. The fraction of sp³-hybridized carbons (Fsp3) is 0.542. The van der Waals surface area contributed by atoms with E-state index in [4.69, 9.17) is 5.10 Å². The Kier molecular flexibility index (Phi) is 6.14. The Hall–Kier alpha value is -2.67. The topological polar surface area (TPSA) is 70.5 Å². The Morgan fingerprint density at radius 1 is 1.13 bits per heavy atom. The molecule has 2 aliphatic rings. The van der Waals surface area contributed by atoms with Gasteiger partial charge in [-0.2, -0.15) is 5.10 Å². The molecule has 7 heteroatoms. The first-order valence-electron chi connectivity index (χ1n) is 11.3. The van der Waals surface area contributed by atoms with Crippen LogP contribution in [0.1, 0.15) is 56.1 Å². The van der Waals surface area contributed by atoms with Crippen LogP contribution in [0.15, 0.2) is 30.3 Å². The average Bonchev–Trinajstić information content (AvgIpc) is 3.03. The highest BCUT2D eigenvalue weighted by atomic mass is 16.2. The van der Waals surface area contributed by atoms with Crippen molar-refractivity contribution < 1.29 is 9.59 Å². The molecule has 1 N–H and O–H groups in total. The number of para-hydroxylation sites is 1. The number of hydrogen-bond donors (Lipinski definition) is 1. The van der Waals surface area contributed by atoms with Gasteiger partial charge < -0.3 is 10.2 Å². The summed E-state index contributed by atoms with van der Waals surface area (Å²) >= 11 is 0. The molecule has 0 spiro atoms. The van der Waals surface area contributed by atoms with Crippen LogP contribution in [-0.2, 0) is 9.59 Å². The van der Waals surface area contributed by atoms with E-state index in [1.165, 1.54) is 0 Å². The molecule has 1 aromatic heterocycles. The third-order valence-corrected chi connectivity index (χ3v) is 6.75. The Labute approximate surface area is 184 Å². The van der Waals surface area contributed by atoms with E-state index in [9.17, 15) is 9.59 Å². The molecule has 166 valence electrons. The molecule has 2 amide bonds. The van der Waals surface area contributed by atoms with Crippen molar-refractivity contribution in [3.05, 3.63) is 47.3 Å². The van der Waals surface area contributed by atoms with E-state index in [0.29, 0.717) is 13.1 Å². The summed E-state index contributed by atoms with van der Waals surface area (Å²) in [5.74, 6) is 0.0581. The van der Waals surface area contributed by atoms with Crippen molar-refractivity contribution in [2.75, 3.05) is 19.6 Å². The number of nitrogens with one attached hydrogen (secondary N) is 1. The number of aryl methyl sites for hydroxylation is 1. The van der Waals surface area contributed by atoms with E-state index in [1.807, 2.05) is 58.7 Å². The van der Waals surface area contributed by atoms with Gasteiger partial charge in [0.15, 0.2) is 0 Å².